The summed E-state index contributed by atoms with van der Waals surface area (Å²) < 4.78 is 1.99. The molecule has 0 aromatic carbocycles. The van der Waals surface area contributed by atoms with Crippen LogP contribution in [0.15, 0.2) is 18.7 Å². The number of carbonyl (C=O) groups excluding carboxylic acids is 1. The van der Waals surface area contributed by atoms with Crippen molar-refractivity contribution in [1.29, 1.82) is 0 Å². The fraction of sp³-hybridized carbons (Fsp3) is 0.500. The van der Waals surface area contributed by atoms with Crippen LogP contribution in [-0.2, 0) is 11.3 Å². The molecule has 0 aliphatic rings. The van der Waals surface area contributed by atoms with E-state index in [9.17, 15) is 4.79 Å². The summed E-state index contributed by atoms with van der Waals surface area (Å²) in [6.07, 6.45) is 7.73. The molecule has 4 heteroatoms. The van der Waals surface area contributed by atoms with E-state index in [4.69, 9.17) is 5.73 Å². The van der Waals surface area contributed by atoms with Crippen LogP contribution in [0.2, 0.25) is 0 Å². The molecule has 0 aliphatic heterocycles. The topological polar surface area (TPSA) is 60.9 Å². The first kappa shape index (κ1) is 8.77. The van der Waals surface area contributed by atoms with Crippen LogP contribution in [0, 0.1) is 0 Å². The van der Waals surface area contributed by atoms with Gasteiger partial charge < -0.3 is 10.3 Å². The Balaban J connectivity index is 2.07. The number of aryl methyl sites for hydroxylation is 1. The van der Waals surface area contributed by atoms with E-state index in [0.29, 0.717) is 6.42 Å². The molecule has 1 rings (SSSR count). The third-order valence-electron chi connectivity index (χ3n) is 1.65. The molecule has 4 nitrogen and oxygen atoms in total. The Morgan fingerprint density at radius 2 is 2.33 bits per heavy atom. The van der Waals surface area contributed by atoms with Crippen molar-refractivity contribution in [2.24, 2.45) is 5.73 Å². The monoisotopic (exact) mass is 167 g/mol. The lowest BCUT2D eigenvalue weighted by Crippen LogP contribution is -2.10. The second-order valence-electron chi connectivity index (χ2n) is 2.72. The first-order valence-electron chi connectivity index (χ1n) is 4.03. The van der Waals surface area contributed by atoms with Crippen LogP contribution in [0.25, 0.3) is 0 Å². The van der Waals surface area contributed by atoms with E-state index in [-0.39, 0.29) is 5.91 Å². The lowest BCUT2D eigenvalue weighted by Gasteiger charge is -1.99. The molecule has 0 fully saturated rings. The fourth-order valence-electron chi connectivity index (χ4n) is 1.01. The predicted molar refractivity (Wildman–Crippen MR) is 45.3 cm³/mol. The number of hydrogen-bond donors (Lipinski definition) is 1. The maximum atomic E-state index is 10.4. The average Bonchev–Trinajstić information content (AvgIpc) is 2.49. The summed E-state index contributed by atoms with van der Waals surface area (Å²) in [5, 5.41) is 0. The molecule has 0 aliphatic carbocycles. The molecule has 0 radical (unpaired) electrons. The summed E-state index contributed by atoms with van der Waals surface area (Å²) >= 11 is 0. The molecular formula is C8H13N3O. The molecule has 2 N–H and O–H groups in total. The molecule has 1 aromatic heterocycles. The van der Waals surface area contributed by atoms with Gasteiger partial charge in [-0.05, 0) is 12.8 Å². The second kappa shape index (κ2) is 4.54. The van der Waals surface area contributed by atoms with Gasteiger partial charge >= 0.3 is 0 Å². The number of unbranched alkanes of at least 4 members (excludes halogenated alkanes) is 1. The van der Waals surface area contributed by atoms with E-state index in [0.717, 1.165) is 19.4 Å². The van der Waals surface area contributed by atoms with Crippen molar-refractivity contribution in [1.82, 2.24) is 9.55 Å². The summed E-state index contributed by atoms with van der Waals surface area (Å²) in [5.41, 5.74) is 4.99. The van der Waals surface area contributed by atoms with Crippen molar-refractivity contribution in [2.45, 2.75) is 25.8 Å². The number of rotatable bonds is 5. The lowest BCUT2D eigenvalue weighted by molar-refractivity contribution is -0.118. The number of imidazole rings is 1. The summed E-state index contributed by atoms with van der Waals surface area (Å²) in [6, 6.07) is 0. The smallest absolute Gasteiger partial charge is 0.217 e. The lowest BCUT2D eigenvalue weighted by atomic mass is 10.2. The van der Waals surface area contributed by atoms with E-state index >= 15 is 0 Å². The number of hydrogen-bond acceptors (Lipinski definition) is 2. The largest absolute Gasteiger partial charge is 0.370 e. The standard InChI is InChI=1S/C8H13N3O/c9-8(12)3-1-2-5-11-6-4-10-7-11/h4,6-7H,1-3,5H2,(H2,9,12). The van der Waals surface area contributed by atoms with Gasteiger partial charge in [0.1, 0.15) is 0 Å². The van der Waals surface area contributed by atoms with Crippen molar-refractivity contribution in [3.05, 3.63) is 18.7 Å². The van der Waals surface area contributed by atoms with Crippen molar-refractivity contribution in [2.75, 3.05) is 0 Å². The van der Waals surface area contributed by atoms with Crippen molar-refractivity contribution in [3.63, 3.8) is 0 Å². The number of nitrogens with two attached hydrogens (primary N) is 1. The Morgan fingerprint density at radius 3 is 2.92 bits per heavy atom. The molecule has 0 atom stereocenters. The Hall–Kier alpha value is -1.32. The molecule has 0 spiro atoms. The Morgan fingerprint density at radius 1 is 1.50 bits per heavy atom. The molecule has 0 bridgehead atoms. The van der Waals surface area contributed by atoms with Gasteiger partial charge in [0.2, 0.25) is 5.91 Å². The number of nitrogens with zero attached hydrogens (tertiary/aromatic N) is 2. The molecule has 0 saturated carbocycles. The third kappa shape index (κ3) is 3.18. The van der Waals surface area contributed by atoms with Gasteiger partial charge in [-0.15, -0.1) is 0 Å². The van der Waals surface area contributed by atoms with E-state index in [1.54, 1.807) is 12.5 Å². The van der Waals surface area contributed by atoms with Crippen molar-refractivity contribution in [3.8, 4) is 0 Å². The zero-order valence-electron chi connectivity index (χ0n) is 6.94. The quantitative estimate of drug-likeness (QED) is 0.650. The molecule has 1 heterocycles. The highest BCUT2D eigenvalue weighted by molar-refractivity contribution is 5.73. The normalized spacial score (nSPS) is 10.0. The van der Waals surface area contributed by atoms with Gasteiger partial charge in [-0.3, -0.25) is 4.79 Å². The van der Waals surface area contributed by atoms with Gasteiger partial charge in [-0.1, -0.05) is 0 Å². The van der Waals surface area contributed by atoms with Gasteiger partial charge in [-0.2, -0.15) is 0 Å². The minimum atomic E-state index is -0.222. The number of carbonyl (C=O) groups is 1. The van der Waals surface area contributed by atoms with Gasteiger partial charge in [0.05, 0.1) is 6.33 Å². The highest BCUT2D eigenvalue weighted by Crippen LogP contribution is 1.97. The molecule has 0 unspecified atom stereocenters. The second-order valence-corrected chi connectivity index (χ2v) is 2.72. The van der Waals surface area contributed by atoms with Crippen LogP contribution in [0.3, 0.4) is 0 Å². The summed E-state index contributed by atoms with van der Waals surface area (Å²) in [7, 11) is 0. The van der Waals surface area contributed by atoms with Gasteiger partial charge in [0, 0.05) is 25.4 Å². The van der Waals surface area contributed by atoms with Crippen LogP contribution < -0.4 is 5.73 Å². The zero-order chi connectivity index (χ0) is 8.81. The zero-order valence-corrected chi connectivity index (χ0v) is 6.94. The third-order valence-corrected chi connectivity index (χ3v) is 1.65. The highest BCUT2D eigenvalue weighted by Gasteiger charge is 1.94. The predicted octanol–water partition coefficient (Wildman–Crippen LogP) is 0.539. The van der Waals surface area contributed by atoms with E-state index < -0.39 is 0 Å². The van der Waals surface area contributed by atoms with Crippen LogP contribution in [0.1, 0.15) is 19.3 Å². The maximum Gasteiger partial charge on any atom is 0.217 e. The Bertz CT molecular complexity index is 230. The Labute approximate surface area is 71.4 Å². The number of primary amides is 1. The van der Waals surface area contributed by atoms with Crippen molar-refractivity contribution >= 4 is 5.91 Å². The highest BCUT2D eigenvalue weighted by atomic mass is 16.1. The summed E-state index contributed by atoms with van der Waals surface area (Å²) in [5.74, 6) is -0.222. The number of amides is 1. The minimum Gasteiger partial charge on any atom is -0.370 e. The number of aromatic nitrogens is 2. The molecule has 1 aromatic rings. The van der Waals surface area contributed by atoms with Crippen LogP contribution >= 0.6 is 0 Å². The van der Waals surface area contributed by atoms with Crippen molar-refractivity contribution < 1.29 is 4.79 Å². The van der Waals surface area contributed by atoms with E-state index in [2.05, 4.69) is 4.98 Å². The SMILES string of the molecule is NC(=O)CCCCn1ccnc1. The maximum absolute atomic E-state index is 10.4. The molecule has 12 heavy (non-hydrogen) atoms. The van der Waals surface area contributed by atoms with E-state index in [1.165, 1.54) is 0 Å². The Kier molecular flexibility index (Phi) is 3.32. The fourth-order valence-corrected chi connectivity index (χ4v) is 1.01. The average molecular weight is 167 g/mol. The van der Waals surface area contributed by atoms with Crippen LogP contribution in [-0.4, -0.2) is 15.5 Å². The van der Waals surface area contributed by atoms with E-state index in [1.807, 2.05) is 10.8 Å². The molecule has 0 saturated heterocycles. The van der Waals surface area contributed by atoms with Gasteiger partial charge in [0.25, 0.3) is 0 Å². The summed E-state index contributed by atoms with van der Waals surface area (Å²) in [4.78, 5) is 14.3. The minimum absolute atomic E-state index is 0.222. The molecule has 66 valence electrons. The molecule has 1 amide bonds. The first-order chi connectivity index (χ1) is 5.79. The van der Waals surface area contributed by atoms with Gasteiger partial charge in [0.15, 0.2) is 0 Å². The molecular weight excluding hydrogens is 154 g/mol. The van der Waals surface area contributed by atoms with Crippen LogP contribution in [0.4, 0.5) is 0 Å². The van der Waals surface area contributed by atoms with Gasteiger partial charge in [-0.25, -0.2) is 4.98 Å². The van der Waals surface area contributed by atoms with Crippen LogP contribution in [0.5, 0.6) is 0 Å². The summed E-state index contributed by atoms with van der Waals surface area (Å²) in [6.45, 7) is 0.910. The first-order valence-corrected chi connectivity index (χ1v) is 4.03.